The first-order valence-corrected chi connectivity index (χ1v) is 18.3. The molecule has 61 heavy (non-hydrogen) atoms. The van der Waals surface area contributed by atoms with Crippen molar-refractivity contribution in [2.24, 2.45) is 0 Å². The second kappa shape index (κ2) is 19.0. The number of carbonyl (C=O) groups is 4. The number of benzene rings is 4. The zero-order chi connectivity index (χ0) is 44.5. The average Bonchev–Trinajstić information content (AvgIpc) is 3.53. The zero-order valence-electron chi connectivity index (χ0n) is 31.8. The molecule has 0 saturated heterocycles. The van der Waals surface area contributed by atoms with E-state index in [2.05, 4.69) is 9.97 Å². The number of esters is 1. The number of amides is 1. The summed E-state index contributed by atoms with van der Waals surface area (Å²) < 4.78 is 5.42. The summed E-state index contributed by atoms with van der Waals surface area (Å²) in [6.45, 7) is 3.63. The summed E-state index contributed by atoms with van der Waals surface area (Å²) in [6.07, 6.45) is 2.49. The topological polar surface area (TPSA) is 305 Å². The highest BCUT2D eigenvalue weighted by Gasteiger charge is 2.42. The predicted octanol–water partition coefficient (Wildman–Crippen LogP) is 6.91. The molecule has 5 aromatic rings. The van der Waals surface area contributed by atoms with Gasteiger partial charge in [0.1, 0.15) is 11.6 Å². The maximum Gasteiger partial charge on any atom is 0.338 e. The molecule has 4 aromatic carbocycles. The third-order valence-corrected chi connectivity index (χ3v) is 10.0. The number of aryl methyl sites for hydroxylation is 1. The average molecular weight is 851 g/mol. The number of hydrogen-bond donors (Lipinski definition) is 1. The number of rotatable bonds is 14. The Balaban J connectivity index is 0.000000241. The fraction of sp³-hybridized carbons (Fsp3) is 0.128. The number of nitro benzene ring substituents is 4. The van der Waals surface area contributed by atoms with Crippen molar-refractivity contribution in [1.29, 1.82) is 0 Å². The lowest BCUT2D eigenvalue weighted by Gasteiger charge is -2.22. The van der Waals surface area contributed by atoms with E-state index in [0.717, 1.165) is 23.9 Å². The van der Waals surface area contributed by atoms with Gasteiger partial charge in [-0.1, -0.05) is 48.5 Å². The number of thioether (sulfide) groups is 1. The molecule has 21 nitrogen and oxygen atoms in total. The largest absolute Gasteiger partial charge is 0.462 e. The minimum atomic E-state index is -1.01. The first kappa shape index (κ1) is 43.8. The highest BCUT2D eigenvalue weighted by molar-refractivity contribution is 8.17. The van der Waals surface area contributed by atoms with Gasteiger partial charge in [-0.05, 0) is 37.7 Å². The summed E-state index contributed by atoms with van der Waals surface area (Å²) in [4.78, 5) is 101. The van der Waals surface area contributed by atoms with E-state index in [1.54, 1.807) is 68.6 Å². The third kappa shape index (κ3) is 10.1. The number of nitrogens with zero attached hydrogens (tertiary/aromatic N) is 7. The molecule has 0 spiro atoms. The Morgan fingerprint density at radius 2 is 1.31 bits per heavy atom. The Morgan fingerprint density at radius 1 is 0.803 bits per heavy atom. The maximum atomic E-state index is 12.9. The van der Waals surface area contributed by atoms with Crippen LogP contribution in [0.1, 0.15) is 61.4 Å². The van der Waals surface area contributed by atoms with E-state index in [1.807, 2.05) is 12.1 Å². The second-order valence-electron chi connectivity index (χ2n) is 12.7. The fourth-order valence-electron chi connectivity index (χ4n) is 5.91. The molecule has 1 aliphatic carbocycles. The molecule has 2 N–H and O–H groups in total. The van der Waals surface area contributed by atoms with Crippen LogP contribution in [0, 0.1) is 47.4 Å². The van der Waals surface area contributed by atoms with Gasteiger partial charge >= 0.3 is 5.97 Å². The molecule has 22 heteroatoms. The summed E-state index contributed by atoms with van der Waals surface area (Å²) in [6, 6.07) is 20.1. The van der Waals surface area contributed by atoms with Crippen molar-refractivity contribution in [2.45, 2.75) is 26.8 Å². The van der Waals surface area contributed by atoms with Gasteiger partial charge in [0.05, 0.1) is 61.7 Å². The highest BCUT2D eigenvalue weighted by atomic mass is 32.2. The van der Waals surface area contributed by atoms with Crippen LogP contribution in [0.4, 0.5) is 28.6 Å². The number of fused-ring (bicyclic) bond motifs is 3. The van der Waals surface area contributed by atoms with Crippen molar-refractivity contribution in [1.82, 2.24) is 14.9 Å². The Bertz CT molecular complexity index is 2580. The van der Waals surface area contributed by atoms with E-state index in [4.69, 9.17) is 10.5 Å². The van der Waals surface area contributed by atoms with Gasteiger partial charge in [-0.3, -0.25) is 54.8 Å². The number of ketones is 1. The smallest absolute Gasteiger partial charge is 0.338 e. The number of nitro groups is 4. The van der Waals surface area contributed by atoms with Crippen LogP contribution in [0.5, 0.6) is 0 Å². The van der Waals surface area contributed by atoms with E-state index in [1.165, 1.54) is 4.90 Å². The molecule has 6 rings (SSSR count). The van der Waals surface area contributed by atoms with Crippen molar-refractivity contribution in [3.63, 3.8) is 0 Å². The van der Waals surface area contributed by atoms with Crippen LogP contribution in [0.15, 0.2) is 102 Å². The lowest BCUT2D eigenvalue weighted by Crippen LogP contribution is -2.22. The molecule has 0 fully saturated rings. The number of ether oxygens (including phenoxy) is 1. The number of nitrogen functional groups attached to an aromatic ring is 1. The molecule has 0 radical (unpaired) electrons. The molecule has 0 unspecified atom stereocenters. The first-order chi connectivity index (χ1) is 29.0. The molecule has 1 aliphatic rings. The highest BCUT2D eigenvalue weighted by Crippen LogP contribution is 2.49. The molecular weight excluding hydrogens is 821 g/mol. The van der Waals surface area contributed by atoms with Crippen molar-refractivity contribution in [3.05, 3.63) is 176 Å². The molecule has 1 heterocycles. The molecule has 0 saturated carbocycles. The quantitative estimate of drug-likeness (QED) is 0.0503. The minimum Gasteiger partial charge on any atom is -0.462 e. The Labute approximate surface area is 347 Å². The number of aromatic nitrogens is 2. The van der Waals surface area contributed by atoms with Gasteiger partial charge in [-0.2, -0.15) is 0 Å². The van der Waals surface area contributed by atoms with Crippen LogP contribution in [0.25, 0.3) is 11.1 Å². The lowest BCUT2D eigenvalue weighted by molar-refractivity contribution is -0.395. The number of nitrogens with two attached hydrogens (primary N) is 1. The van der Waals surface area contributed by atoms with Gasteiger partial charge in [0, 0.05) is 57.6 Å². The number of hydrogen-bond acceptors (Lipinski definition) is 17. The Hall–Kier alpha value is -8.27. The monoisotopic (exact) mass is 850 g/mol. The van der Waals surface area contributed by atoms with Crippen LogP contribution in [0.3, 0.4) is 0 Å². The van der Waals surface area contributed by atoms with E-state index in [0.29, 0.717) is 51.7 Å². The Morgan fingerprint density at radius 3 is 1.77 bits per heavy atom. The van der Waals surface area contributed by atoms with Crippen molar-refractivity contribution >= 4 is 63.6 Å². The van der Waals surface area contributed by atoms with E-state index >= 15 is 0 Å². The SMILES string of the molecule is C/C(=C(\CCOC(=O)c1ccccc1)SC(=O)c1ccccc1)N(C=O)Cc1cnc(C)nc1N.O=C1c2cc([N+](=O)[O-])cc([N+](=O)[O-])c2-c2c1cc([N+](=O)[O-])cc2[N+](=O)[O-]. The van der Waals surface area contributed by atoms with Gasteiger partial charge < -0.3 is 15.4 Å². The molecule has 1 amide bonds. The summed E-state index contributed by atoms with van der Waals surface area (Å²) in [5.74, 6) is -0.656. The molecule has 310 valence electrons. The van der Waals surface area contributed by atoms with Crippen LogP contribution in [-0.2, 0) is 16.1 Å². The second-order valence-corrected chi connectivity index (χ2v) is 13.8. The summed E-state index contributed by atoms with van der Waals surface area (Å²) in [7, 11) is 0. The number of anilines is 1. The van der Waals surface area contributed by atoms with Crippen LogP contribution in [0.2, 0.25) is 0 Å². The van der Waals surface area contributed by atoms with Gasteiger partial charge in [-0.15, -0.1) is 0 Å². The molecule has 1 aromatic heterocycles. The van der Waals surface area contributed by atoms with Gasteiger partial charge in [0.25, 0.3) is 22.7 Å². The molecule has 0 bridgehead atoms. The van der Waals surface area contributed by atoms with Crippen LogP contribution >= 0.6 is 11.8 Å². The normalized spacial score (nSPS) is 11.5. The molecule has 0 atom stereocenters. The molecular formula is C39H30N8O13S. The number of allylic oxidation sites excluding steroid dienone is 1. The van der Waals surface area contributed by atoms with E-state index in [9.17, 15) is 59.6 Å². The molecule has 0 aliphatic heterocycles. The van der Waals surface area contributed by atoms with Crippen LogP contribution in [-0.4, -0.2) is 64.4 Å². The van der Waals surface area contributed by atoms with Gasteiger partial charge in [0.2, 0.25) is 11.5 Å². The first-order valence-electron chi connectivity index (χ1n) is 17.5. The van der Waals surface area contributed by atoms with Gasteiger partial charge in [-0.25, -0.2) is 14.8 Å². The minimum absolute atomic E-state index is 0.0396. The summed E-state index contributed by atoms with van der Waals surface area (Å²) in [5, 5.41) is 44.3. The number of non-ortho nitro benzene ring substituents is 2. The third-order valence-electron chi connectivity index (χ3n) is 8.88. The summed E-state index contributed by atoms with van der Waals surface area (Å²) >= 11 is 1.00. The zero-order valence-corrected chi connectivity index (χ0v) is 32.6. The fourth-order valence-corrected chi connectivity index (χ4v) is 6.84. The van der Waals surface area contributed by atoms with E-state index in [-0.39, 0.29) is 30.5 Å². The van der Waals surface area contributed by atoms with Crippen LogP contribution < -0.4 is 5.73 Å². The van der Waals surface area contributed by atoms with Gasteiger partial charge in [0.15, 0.2) is 5.78 Å². The summed E-state index contributed by atoms with van der Waals surface area (Å²) in [5.41, 5.74) is 2.89. The van der Waals surface area contributed by atoms with E-state index < -0.39 is 76.4 Å². The lowest BCUT2D eigenvalue weighted by atomic mass is 10.0. The van der Waals surface area contributed by atoms with Crippen molar-refractivity contribution in [2.75, 3.05) is 12.3 Å². The Kier molecular flexibility index (Phi) is 13.6. The van der Waals surface area contributed by atoms with Crippen molar-refractivity contribution in [3.8, 4) is 11.1 Å². The predicted molar refractivity (Wildman–Crippen MR) is 217 cm³/mol. The van der Waals surface area contributed by atoms with Crippen molar-refractivity contribution < 1.29 is 43.6 Å². The maximum absolute atomic E-state index is 12.9. The standard InChI is InChI=1S/C26H26N4O4S.C13H4N4O9/c1-18(30(17-31)16-22-15-28-19(2)29-24(22)27)23(35-26(33)21-11-7-4-8-12-21)13-14-34-25(32)20-9-5-3-6-10-20;18-13-7-1-5(14(19)20)3-9(16(23)24)11(7)12-8(13)2-6(15(21)22)4-10(12)17(25)26/h3-12,15,17H,13-14,16H2,1-2H3,(H2,27,28,29);1-4H/b23-18-;. The number of carbonyl (C=O) groups excluding carboxylic acids is 4.